The Morgan fingerprint density at radius 3 is 2.78 bits per heavy atom. The molecular weight excluding hydrogens is 220 g/mol. The first-order valence-corrected chi connectivity index (χ1v) is 7.32. The van der Waals surface area contributed by atoms with E-state index in [1.165, 1.54) is 43.5 Å². The smallest absolute Gasteiger partial charge is 0.0236 e. The standard InChI is InChI=1S/C16H26N2/c1-2-15-7-3-4-8-16(15)13-18-11-5-6-14(12-18)9-10-17/h3-4,7-8,14H,2,5-6,9-13,17H2,1H3. The molecule has 1 atom stereocenters. The Kier molecular flexibility index (Phi) is 5.21. The molecule has 1 aromatic rings. The van der Waals surface area contributed by atoms with Crippen LogP contribution in [0.15, 0.2) is 24.3 Å². The van der Waals surface area contributed by atoms with Gasteiger partial charge in [0, 0.05) is 13.1 Å². The molecule has 1 aliphatic heterocycles. The van der Waals surface area contributed by atoms with Crippen LogP contribution in [0.4, 0.5) is 0 Å². The molecule has 18 heavy (non-hydrogen) atoms. The molecule has 1 heterocycles. The molecule has 0 radical (unpaired) electrons. The lowest BCUT2D eigenvalue weighted by Crippen LogP contribution is -2.35. The lowest BCUT2D eigenvalue weighted by atomic mass is 9.94. The monoisotopic (exact) mass is 246 g/mol. The zero-order chi connectivity index (χ0) is 12.8. The van der Waals surface area contributed by atoms with Gasteiger partial charge < -0.3 is 5.73 Å². The van der Waals surface area contributed by atoms with Crippen LogP contribution < -0.4 is 5.73 Å². The Balaban J connectivity index is 1.96. The van der Waals surface area contributed by atoms with E-state index in [1.54, 1.807) is 0 Å². The molecule has 1 aliphatic rings. The minimum atomic E-state index is 0.817. The quantitative estimate of drug-likeness (QED) is 0.865. The molecule has 0 amide bonds. The number of aryl methyl sites for hydroxylation is 1. The van der Waals surface area contributed by atoms with Gasteiger partial charge in [-0.25, -0.2) is 0 Å². The molecule has 1 fully saturated rings. The molecule has 2 heteroatoms. The van der Waals surface area contributed by atoms with Crippen molar-refractivity contribution in [2.75, 3.05) is 19.6 Å². The van der Waals surface area contributed by atoms with Gasteiger partial charge in [-0.05, 0) is 55.8 Å². The van der Waals surface area contributed by atoms with Crippen molar-refractivity contribution in [2.24, 2.45) is 11.7 Å². The summed E-state index contributed by atoms with van der Waals surface area (Å²) >= 11 is 0. The summed E-state index contributed by atoms with van der Waals surface area (Å²) in [6.45, 7) is 6.68. The van der Waals surface area contributed by atoms with Crippen LogP contribution in [0.2, 0.25) is 0 Å². The Hall–Kier alpha value is -0.860. The second-order valence-electron chi connectivity index (χ2n) is 5.44. The number of hydrogen-bond acceptors (Lipinski definition) is 2. The fraction of sp³-hybridized carbons (Fsp3) is 0.625. The van der Waals surface area contributed by atoms with Crippen LogP contribution >= 0.6 is 0 Å². The molecule has 1 aromatic carbocycles. The van der Waals surface area contributed by atoms with E-state index in [0.29, 0.717) is 0 Å². The molecule has 0 aliphatic carbocycles. The van der Waals surface area contributed by atoms with Crippen molar-refractivity contribution >= 4 is 0 Å². The van der Waals surface area contributed by atoms with E-state index in [-0.39, 0.29) is 0 Å². The summed E-state index contributed by atoms with van der Waals surface area (Å²) in [5.41, 5.74) is 8.69. The average molecular weight is 246 g/mol. The number of likely N-dealkylation sites (tertiary alicyclic amines) is 1. The van der Waals surface area contributed by atoms with Crippen LogP contribution in [-0.4, -0.2) is 24.5 Å². The van der Waals surface area contributed by atoms with E-state index in [0.717, 1.165) is 25.4 Å². The fourth-order valence-corrected chi connectivity index (χ4v) is 3.06. The largest absolute Gasteiger partial charge is 0.330 e. The van der Waals surface area contributed by atoms with Gasteiger partial charge in [0.1, 0.15) is 0 Å². The Morgan fingerprint density at radius 2 is 2.06 bits per heavy atom. The average Bonchev–Trinajstić information content (AvgIpc) is 2.40. The van der Waals surface area contributed by atoms with Crippen LogP contribution in [-0.2, 0) is 13.0 Å². The highest BCUT2D eigenvalue weighted by Crippen LogP contribution is 2.21. The maximum Gasteiger partial charge on any atom is 0.0236 e. The topological polar surface area (TPSA) is 29.3 Å². The van der Waals surface area contributed by atoms with Crippen molar-refractivity contribution in [3.8, 4) is 0 Å². The van der Waals surface area contributed by atoms with E-state index in [2.05, 4.69) is 36.1 Å². The minimum absolute atomic E-state index is 0.817. The van der Waals surface area contributed by atoms with Gasteiger partial charge in [0.15, 0.2) is 0 Å². The number of piperidine rings is 1. The normalized spacial score (nSPS) is 21.1. The summed E-state index contributed by atoms with van der Waals surface area (Å²) in [5.74, 6) is 0.817. The number of nitrogens with zero attached hydrogens (tertiary/aromatic N) is 1. The highest BCUT2D eigenvalue weighted by atomic mass is 15.1. The van der Waals surface area contributed by atoms with Crippen LogP contribution in [0.5, 0.6) is 0 Å². The first kappa shape index (κ1) is 13.6. The van der Waals surface area contributed by atoms with Gasteiger partial charge in [0.05, 0.1) is 0 Å². The lowest BCUT2D eigenvalue weighted by molar-refractivity contribution is 0.163. The third kappa shape index (κ3) is 3.56. The summed E-state index contributed by atoms with van der Waals surface area (Å²) in [6.07, 6.45) is 5.02. The summed E-state index contributed by atoms with van der Waals surface area (Å²) in [4.78, 5) is 2.61. The second-order valence-corrected chi connectivity index (χ2v) is 5.44. The summed E-state index contributed by atoms with van der Waals surface area (Å²) < 4.78 is 0. The van der Waals surface area contributed by atoms with Crippen molar-refractivity contribution < 1.29 is 0 Å². The summed E-state index contributed by atoms with van der Waals surface area (Å²) in [6, 6.07) is 8.85. The van der Waals surface area contributed by atoms with Gasteiger partial charge >= 0.3 is 0 Å². The van der Waals surface area contributed by atoms with Gasteiger partial charge in [-0.3, -0.25) is 4.90 Å². The first-order valence-electron chi connectivity index (χ1n) is 7.32. The van der Waals surface area contributed by atoms with Gasteiger partial charge in [0.25, 0.3) is 0 Å². The molecule has 0 saturated carbocycles. The van der Waals surface area contributed by atoms with Crippen molar-refractivity contribution in [3.63, 3.8) is 0 Å². The van der Waals surface area contributed by atoms with Crippen molar-refractivity contribution in [1.82, 2.24) is 4.90 Å². The van der Waals surface area contributed by atoms with Crippen molar-refractivity contribution in [1.29, 1.82) is 0 Å². The molecule has 100 valence electrons. The highest BCUT2D eigenvalue weighted by Gasteiger charge is 2.19. The van der Waals surface area contributed by atoms with E-state index in [9.17, 15) is 0 Å². The van der Waals surface area contributed by atoms with Gasteiger partial charge in [-0.1, -0.05) is 31.2 Å². The Morgan fingerprint density at radius 1 is 1.28 bits per heavy atom. The van der Waals surface area contributed by atoms with Crippen LogP contribution in [0.1, 0.15) is 37.3 Å². The Labute approximate surface area is 111 Å². The maximum absolute atomic E-state index is 5.68. The minimum Gasteiger partial charge on any atom is -0.330 e. The first-order chi connectivity index (χ1) is 8.83. The predicted molar refractivity (Wildman–Crippen MR) is 77.5 cm³/mol. The molecular formula is C16H26N2. The SMILES string of the molecule is CCc1ccccc1CN1CCCC(CCN)C1. The van der Waals surface area contributed by atoms with Gasteiger partial charge in [-0.15, -0.1) is 0 Å². The number of rotatable bonds is 5. The van der Waals surface area contributed by atoms with Crippen molar-refractivity contribution in [3.05, 3.63) is 35.4 Å². The second kappa shape index (κ2) is 6.91. The van der Waals surface area contributed by atoms with Crippen LogP contribution in [0, 0.1) is 5.92 Å². The fourth-order valence-electron chi connectivity index (χ4n) is 3.06. The molecule has 1 unspecified atom stereocenters. The molecule has 0 aromatic heterocycles. The summed E-state index contributed by atoms with van der Waals surface area (Å²) in [7, 11) is 0. The van der Waals surface area contributed by atoms with Gasteiger partial charge in [0.2, 0.25) is 0 Å². The van der Waals surface area contributed by atoms with Gasteiger partial charge in [-0.2, -0.15) is 0 Å². The molecule has 0 bridgehead atoms. The maximum atomic E-state index is 5.68. The predicted octanol–water partition coefficient (Wildman–Crippen LogP) is 2.81. The van der Waals surface area contributed by atoms with Crippen LogP contribution in [0.3, 0.4) is 0 Å². The van der Waals surface area contributed by atoms with E-state index < -0.39 is 0 Å². The number of hydrogen-bond donors (Lipinski definition) is 1. The lowest BCUT2D eigenvalue weighted by Gasteiger charge is -2.33. The molecule has 2 rings (SSSR count). The third-order valence-corrected chi connectivity index (χ3v) is 4.07. The molecule has 2 N–H and O–H groups in total. The molecule has 1 saturated heterocycles. The highest BCUT2D eigenvalue weighted by molar-refractivity contribution is 5.26. The third-order valence-electron chi connectivity index (χ3n) is 4.07. The van der Waals surface area contributed by atoms with E-state index in [1.807, 2.05) is 0 Å². The van der Waals surface area contributed by atoms with Crippen molar-refractivity contribution in [2.45, 2.75) is 39.2 Å². The molecule has 2 nitrogen and oxygen atoms in total. The van der Waals surface area contributed by atoms with E-state index >= 15 is 0 Å². The number of nitrogens with two attached hydrogens (primary N) is 1. The summed E-state index contributed by atoms with van der Waals surface area (Å²) in [5, 5.41) is 0. The van der Waals surface area contributed by atoms with Crippen LogP contribution in [0.25, 0.3) is 0 Å². The zero-order valence-electron chi connectivity index (χ0n) is 11.6. The molecule has 0 spiro atoms. The van der Waals surface area contributed by atoms with E-state index in [4.69, 9.17) is 5.73 Å². The zero-order valence-corrected chi connectivity index (χ0v) is 11.6. The Bertz CT molecular complexity index is 360. The number of benzene rings is 1.